The summed E-state index contributed by atoms with van der Waals surface area (Å²) in [4.78, 5) is 11.9. The molecular formula is C14H16O2. The second-order valence-electron chi connectivity index (χ2n) is 4.09. The van der Waals surface area contributed by atoms with Gasteiger partial charge in [-0.25, -0.2) is 0 Å². The van der Waals surface area contributed by atoms with E-state index in [-0.39, 0.29) is 5.78 Å². The van der Waals surface area contributed by atoms with Crippen LogP contribution in [0.3, 0.4) is 0 Å². The Bertz CT molecular complexity index is 418. The van der Waals surface area contributed by atoms with E-state index in [1.54, 1.807) is 0 Å². The minimum Gasteiger partial charge on any atom is -0.490 e. The number of carbonyl (C=O) groups is 1. The van der Waals surface area contributed by atoms with Gasteiger partial charge in [0.05, 0.1) is 6.61 Å². The van der Waals surface area contributed by atoms with E-state index in [0.29, 0.717) is 18.8 Å². The van der Waals surface area contributed by atoms with E-state index in [4.69, 9.17) is 4.74 Å². The van der Waals surface area contributed by atoms with Gasteiger partial charge in [0.15, 0.2) is 5.76 Å². The van der Waals surface area contributed by atoms with Crippen molar-refractivity contribution in [1.29, 1.82) is 0 Å². The second-order valence-corrected chi connectivity index (χ2v) is 4.09. The molecule has 0 radical (unpaired) electrons. The zero-order valence-corrected chi connectivity index (χ0v) is 9.53. The fraction of sp³-hybridized carbons (Fsp3) is 0.357. The number of rotatable bonds is 3. The number of Topliss-reactive ketones (excluding diaryl/α,β-unsaturated/α-hetero) is 1. The van der Waals surface area contributed by atoms with E-state index in [1.165, 1.54) is 0 Å². The Morgan fingerprint density at radius 2 is 2.19 bits per heavy atom. The summed E-state index contributed by atoms with van der Waals surface area (Å²) < 4.78 is 5.36. The average Bonchev–Trinajstić information content (AvgIpc) is 2.33. The lowest BCUT2D eigenvalue weighted by Crippen LogP contribution is -2.13. The van der Waals surface area contributed by atoms with Crippen LogP contribution in [0.15, 0.2) is 36.1 Å². The molecule has 0 atom stereocenters. The van der Waals surface area contributed by atoms with E-state index < -0.39 is 0 Å². The van der Waals surface area contributed by atoms with Gasteiger partial charge < -0.3 is 4.74 Å². The van der Waals surface area contributed by atoms with Crippen LogP contribution in [0.1, 0.15) is 24.0 Å². The molecule has 2 rings (SSSR count). The summed E-state index contributed by atoms with van der Waals surface area (Å²) in [5, 5.41) is 0. The van der Waals surface area contributed by atoms with E-state index in [2.05, 4.69) is 0 Å². The van der Waals surface area contributed by atoms with Crippen LogP contribution in [0.5, 0.6) is 0 Å². The van der Waals surface area contributed by atoms with Crippen LogP contribution >= 0.6 is 0 Å². The van der Waals surface area contributed by atoms with E-state index >= 15 is 0 Å². The molecule has 0 unspecified atom stereocenters. The second kappa shape index (κ2) is 4.97. The number of allylic oxidation sites excluding steroid dienone is 2. The van der Waals surface area contributed by atoms with Crippen molar-refractivity contribution in [1.82, 2.24) is 0 Å². The molecule has 1 aliphatic rings. The molecule has 0 saturated carbocycles. The maximum atomic E-state index is 11.9. The SMILES string of the molecule is Cc1ccccc1CC(=O)C1=CCCCO1. The Morgan fingerprint density at radius 1 is 1.38 bits per heavy atom. The van der Waals surface area contributed by atoms with E-state index in [0.717, 1.165) is 24.0 Å². The van der Waals surface area contributed by atoms with Crippen molar-refractivity contribution < 1.29 is 9.53 Å². The molecule has 84 valence electrons. The largest absolute Gasteiger partial charge is 0.490 e. The van der Waals surface area contributed by atoms with Gasteiger partial charge in [-0.15, -0.1) is 0 Å². The maximum Gasteiger partial charge on any atom is 0.201 e. The first-order valence-electron chi connectivity index (χ1n) is 5.68. The summed E-state index contributed by atoms with van der Waals surface area (Å²) in [6, 6.07) is 7.97. The van der Waals surface area contributed by atoms with Crippen LogP contribution in [-0.2, 0) is 16.0 Å². The summed E-state index contributed by atoms with van der Waals surface area (Å²) in [7, 11) is 0. The Kier molecular flexibility index (Phi) is 3.40. The van der Waals surface area contributed by atoms with E-state index in [1.807, 2.05) is 37.3 Å². The van der Waals surface area contributed by atoms with Crippen LogP contribution in [0.4, 0.5) is 0 Å². The highest BCUT2D eigenvalue weighted by Crippen LogP contribution is 2.15. The fourth-order valence-electron chi connectivity index (χ4n) is 1.82. The number of aryl methyl sites for hydroxylation is 1. The van der Waals surface area contributed by atoms with Gasteiger partial charge in [-0.05, 0) is 37.0 Å². The molecule has 2 heteroatoms. The number of hydrogen-bond acceptors (Lipinski definition) is 2. The van der Waals surface area contributed by atoms with Crippen LogP contribution in [0.25, 0.3) is 0 Å². The van der Waals surface area contributed by atoms with Gasteiger partial charge in [0.1, 0.15) is 0 Å². The first-order chi connectivity index (χ1) is 7.77. The topological polar surface area (TPSA) is 26.3 Å². The van der Waals surface area contributed by atoms with E-state index in [9.17, 15) is 4.79 Å². The molecule has 0 saturated heterocycles. The summed E-state index contributed by atoms with van der Waals surface area (Å²) in [6.07, 6.45) is 4.32. The summed E-state index contributed by atoms with van der Waals surface area (Å²) in [5.74, 6) is 0.642. The van der Waals surface area contributed by atoms with Gasteiger partial charge in [-0.2, -0.15) is 0 Å². The normalized spacial score (nSPS) is 15.2. The lowest BCUT2D eigenvalue weighted by Gasteiger charge is -2.14. The third kappa shape index (κ3) is 2.51. The van der Waals surface area contributed by atoms with Gasteiger partial charge in [0, 0.05) is 6.42 Å². The summed E-state index contributed by atoms with van der Waals surface area (Å²) in [5.41, 5.74) is 2.25. The van der Waals surface area contributed by atoms with Crippen LogP contribution in [0.2, 0.25) is 0 Å². The van der Waals surface area contributed by atoms with Gasteiger partial charge in [0.2, 0.25) is 5.78 Å². The first-order valence-corrected chi connectivity index (χ1v) is 5.68. The predicted molar refractivity (Wildman–Crippen MR) is 63.2 cm³/mol. The number of benzene rings is 1. The molecule has 1 heterocycles. The molecule has 0 N–H and O–H groups in total. The number of ketones is 1. The molecule has 0 spiro atoms. The Balaban J connectivity index is 2.07. The molecule has 0 bridgehead atoms. The molecule has 16 heavy (non-hydrogen) atoms. The molecular weight excluding hydrogens is 200 g/mol. The highest BCUT2D eigenvalue weighted by Gasteiger charge is 2.14. The molecule has 0 aliphatic carbocycles. The highest BCUT2D eigenvalue weighted by atomic mass is 16.5. The predicted octanol–water partition coefficient (Wildman–Crippen LogP) is 2.80. The van der Waals surface area contributed by atoms with Crippen LogP contribution in [0, 0.1) is 6.92 Å². The third-order valence-corrected chi connectivity index (χ3v) is 2.82. The molecule has 1 aromatic rings. The minimum absolute atomic E-state index is 0.0917. The smallest absolute Gasteiger partial charge is 0.201 e. The van der Waals surface area contributed by atoms with Crippen LogP contribution in [-0.4, -0.2) is 12.4 Å². The Labute approximate surface area is 95.9 Å². The van der Waals surface area contributed by atoms with Crippen molar-refractivity contribution in [2.45, 2.75) is 26.2 Å². The number of ether oxygens (including phenoxy) is 1. The average molecular weight is 216 g/mol. The monoisotopic (exact) mass is 216 g/mol. The Hall–Kier alpha value is -1.57. The van der Waals surface area contributed by atoms with Crippen LogP contribution < -0.4 is 0 Å². The van der Waals surface area contributed by atoms with Crippen molar-refractivity contribution >= 4 is 5.78 Å². The Morgan fingerprint density at radius 3 is 2.88 bits per heavy atom. The van der Waals surface area contributed by atoms with Gasteiger partial charge >= 0.3 is 0 Å². The van der Waals surface area contributed by atoms with Gasteiger partial charge in [0.25, 0.3) is 0 Å². The van der Waals surface area contributed by atoms with Crippen molar-refractivity contribution in [3.63, 3.8) is 0 Å². The van der Waals surface area contributed by atoms with Crippen molar-refractivity contribution in [2.75, 3.05) is 6.61 Å². The quantitative estimate of drug-likeness (QED) is 0.776. The first kappa shape index (κ1) is 10.9. The molecule has 1 aliphatic heterocycles. The zero-order valence-electron chi connectivity index (χ0n) is 9.53. The van der Waals surface area contributed by atoms with Gasteiger partial charge in [-0.3, -0.25) is 4.79 Å². The van der Waals surface area contributed by atoms with Gasteiger partial charge in [-0.1, -0.05) is 24.3 Å². The molecule has 0 fully saturated rings. The van der Waals surface area contributed by atoms with Crippen molar-refractivity contribution in [3.05, 3.63) is 47.2 Å². The van der Waals surface area contributed by atoms with Crippen molar-refractivity contribution in [2.24, 2.45) is 0 Å². The molecule has 2 nitrogen and oxygen atoms in total. The molecule has 0 amide bonds. The third-order valence-electron chi connectivity index (χ3n) is 2.82. The fourth-order valence-corrected chi connectivity index (χ4v) is 1.82. The minimum atomic E-state index is 0.0917. The zero-order chi connectivity index (χ0) is 11.4. The molecule has 0 aromatic heterocycles. The summed E-state index contributed by atoms with van der Waals surface area (Å²) >= 11 is 0. The number of hydrogen-bond donors (Lipinski definition) is 0. The lowest BCUT2D eigenvalue weighted by atomic mass is 10.0. The maximum absolute atomic E-state index is 11.9. The highest BCUT2D eigenvalue weighted by molar-refractivity contribution is 5.95. The molecule has 1 aromatic carbocycles. The van der Waals surface area contributed by atoms with Crippen molar-refractivity contribution in [3.8, 4) is 0 Å². The number of carbonyl (C=O) groups excluding carboxylic acids is 1. The standard InChI is InChI=1S/C14H16O2/c1-11-6-2-3-7-12(11)10-13(15)14-8-4-5-9-16-14/h2-3,6-8H,4-5,9-10H2,1H3. The lowest BCUT2D eigenvalue weighted by molar-refractivity contribution is -0.118. The summed E-state index contributed by atoms with van der Waals surface area (Å²) in [6.45, 7) is 2.70.